The number of aliphatic carboxylic acids is 1. The summed E-state index contributed by atoms with van der Waals surface area (Å²) in [6.45, 7) is 1.67. The third-order valence-electron chi connectivity index (χ3n) is 4.75. The number of aliphatic hydroxyl groups is 1. The standard InChI is InChI=1S/C14H24N2O4/c17-9-11-3-7-16(8-4-11)13(20)15-10-14(12(18)19)5-1-2-6-14/h11,17H,1-10H2,(H,15,20)(H,18,19). The minimum absolute atomic E-state index is 0.172. The molecule has 0 atom stereocenters. The highest BCUT2D eigenvalue weighted by Gasteiger charge is 2.41. The van der Waals surface area contributed by atoms with Crippen LogP contribution in [0.2, 0.25) is 0 Å². The summed E-state index contributed by atoms with van der Waals surface area (Å²) in [6.07, 6.45) is 4.76. The SMILES string of the molecule is O=C(NCC1(C(=O)O)CCCC1)N1CCC(CO)CC1. The summed E-state index contributed by atoms with van der Waals surface area (Å²) < 4.78 is 0. The van der Waals surface area contributed by atoms with Gasteiger partial charge in [-0.2, -0.15) is 0 Å². The van der Waals surface area contributed by atoms with E-state index in [2.05, 4.69) is 5.32 Å². The van der Waals surface area contributed by atoms with Gasteiger partial charge in [0.2, 0.25) is 0 Å². The van der Waals surface area contributed by atoms with Gasteiger partial charge in [-0.25, -0.2) is 4.79 Å². The molecule has 3 N–H and O–H groups in total. The van der Waals surface area contributed by atoms with Crippen LogP contribution in [0.4, 0.5) is 4.79 Å². The van der Waals surface area contributed by atoms with Gasteiger partial charge in [-0.05, 0) is 31.6 Å². The molecule has 0 aromatic rings. The van der Waals surface area contributed by atoms with E-state index < -0.39 is 11.4 Å². The van der Waals surface area contributed by atoms with Crippen LogP contribution in [-0.2, 0) is 4.79 Å². The maximum Gasteiger partial charge on any atom is 0.317 e. The number of likely N-dealkylation sites (tertiary alicyclic amines) is 1. The van der Waals surface area contributed by atoms with Crippen molar-refractivity contribution in [3.8, 4) is 0 Å². The van der Waals surface area contributed by atoms with Crippen molar-refractivity contribution in [3.05, 3.63) is 0 Å². The first-order chi connectivity index (χ1) is 9.57. The lowest BCUT2D eigenvalue weighted by molar-refractivity contribution is -0.148. The first-order valence-electron chi connectivity index (χ1n) is 7.44. The van der Waals surface area contributed by atoms with Crippen molar-refractivity contribution >= 4 is 12.0 Å². The van der Waals surface area contributed by atoms with Gasteiger partial charge < -0.3 is 20.4 Å². The predicted molar refractivity (Wildman–Crippen MR) is 73.3 cm³/mol. The minimum atomic E-state index is -0.797. The number of carboxylic acid groups (broad SMARTS) is 1. The smallest absolute Gasteiger partial charge is 0.317 e. The second-order valence-electron chi connectivity index (χ2n) is 6.06. The predicted octanol–water partition coefficient (Wildman–Crippen LogP) is 1.05. The Bertz CT molecular complexity index is 358. The lowest BCUT2D eigenvalue weighted by Gasteiger charge is -2.32. The Morgan fingerprint density at radius 3 is 2.30 bits per heavy atom. The molecule has 1 heterocycles. The number of carbonyl (C=O) groups excluding carboxylic acids is 1. The molecule has 0 aromatic carbocycles. The normalized spacial score (nSPS) is 22.8. The number of nitrogens with zero attached hydrogens (tertiary/aromatic N) is 1. The van der Waals surface area contributed by atoms with Crippen LogP contribution in [0.15, 0.2) is 0 Å². The molecule has 2 amide bonds. The average molecular weight is 284 g/mol. The van der Waals surface area contributed by atoms with Gasteiger partial charge in [0.15, 0.2) is 0 Å². The molecular weight excluding hydrogens is 260 g/mol. The van der Waals surface area contributed by atoms with Crippen molar-refractivity contribution in [3.63, 3.8) is 0 Å². The Kier molecular flexibility index (Phi) is 4.86. The number of rotatable bonds is 4. The fourth-order valence-electron chi connectivity index (χ4n) is 3.19. The zero-order valence-electron chi connectivity index (χ0n) is 11.8. The zero-order chi connectivity index (χ0) is 14.6. The number of nitrogens with one attached hydrogen (secondary N) is 1. The first-order valence-corrected chi connectivity index (χ1v) is 7.44. The molecule has 0 aromatic heterocycles. The van der Waals surface area contributed by atoms with Gasteiger partial charge in [-0.1, -0.05) is 12.8 Å². The van der Waals surface area contributed by atoms with E-state index in [4.69, 9.17) is 5.11 Å². The van der Waals surface area contributed by atoms with Gasteiger partial charge in [0.05, 0.1) is 5.41 Å². The Morgan fingerprint density at radius 2 is 1.80 bits per heavy atom. The molecule has 2 aliphatic rings. The summed E-state index contributed by atoms with van der Waals surface area (Å²) in [5.74, 6) is -0.506. The van der Waals surface area contributed by atoms with Crippen LogP contribution in [0.3, 0.4) is 0 Å². The molecule has 0 spiro atoms. The maximum absolute atomic E-state index is 12.1. The number of aliphatic hydroxyl groups excluding tert-OH is 1. The number of hydrogen-bond donors (Lipinski definition) is 3. The summed E-state index contributed by atoms with van der Waals surface area (Å²) in [6, 6.07) is -0.172. The van der Waals surface area contributed by atoms with Crippen LogP contribution in [-0.4, -0.2) is 53.4 Å². The van der Waals surface area contributed by atoms with E-state index in [0.717, 1.165) is 25.7 Å². The van der Waals surface area contributed by atoms with Gasteiger partial charge in [-0.15, -0.1) is 0 Å². The molecule has 6 heteroatoms. The molecular formula is C14H24N2O4. The van der Waals surface area contributed by atoms with E-state index >= 15 is 0 Å². The van der Waals surface area contributed by atoms with E-state index in [-0.39, 0.29) is 19.2 Å². The van der Waals surface area contributed by atoms with Crippen LogP contribution in [0.5, 0.6) is 0 Å². The van der Waals surface area contributed by atoms with Crippen LogP contribution < -0.4 is 5.32 Å². The van der Waals surface area contributed by atoms with Gasteiger partial charge in [0, 0.05) is 26.2 Å². The van der Waals surface area contributed by atoms with Gasteiger partial charge >= 0.3 is 12.0 Å². The van der Waals surface area contributed by atoms with Crippen molar-refractivity contribution < 1.29 is 19.8 Å². The third-order valence-corrected chi connectivity index (χ3v) is 4.75. The fraction of sp³-hybridized carbons (Fsp3) is 0.857. The number of amides is 2. The number of hydrogen-bond acceptors (Lipinski definition) is 3. The van der Waals surface area contributed by atoms with E-state index in [1.54, 1.807) is 4.90 Å². The van der Waals surface area contributed by atoms with E-state index in [9.17, 15) is 14.7 Å². The fourth-order valence-corrected chi connectivity index (χ4v) is 3.19. The average Bonchev–Trinajstić information content (AvgIpc) is 2.95. The minimum Gasteiger partial charge on any atom is -0.481 e. The van der Waals surface area contributed by atoms with Crippen LogP contribution in [0.25, 0.3) is 0 Å². The van der Waals surface area contributed by atoms with Crippen LogP contribution in [0, 0.1) is 11.3 Å². The molecule has 0 unspecified atom stereocenters. The molecule has 1 aliphatic carbocycles. The molecule has 2 rings (SSSR count). The monoisotopic (exact) mass is 284 g/mol. The molecule has 1 saturated heterocycles. The van der Waals surface area contributed by atoms with Crippen molar-refractivity contribution in [1.29, 1.82) is 0 Å². The number of carbonyl (C=O) groups is 2. The molecule has 1 aliphatic heterocycles. The molecule has 1 saturated carbocycles. The first kappa shape index (κ1) is 15.1. The van der Waals surface area contributed by atoms with Crippen LogP contribution >= 0.6 is 0 Å². The Labute approximate surface area is 119 Å². The lowest BCUT2D eigenvalue weighted by Crippen LogP contribution is -2.49. The Balaban J connectivity index is 1.81. The molecule has 20 heavy (non-hydrogen) atoms. The molecule has 2 fully saturated rings. The number of carboxylic acids is 1. The number of piperidine rings is 1. The topological polar surface area (TPSA) is 89.9 Å². The molecule has 114 valence electrons. The quantitative estimate of drug-likeness (QED) is 0.719. The highest BCUT2D eigenvalue weighted by Crippen LogP contribution is 2.37. The van der Waals surface area contributed by atoms with E-state index in [0.29, 0.717) is 31.8 Å². The summed E-state index contributed by atoms with van der Waals surface area (Å²) in [7, 11) is 0. The van der Waals surface area contributed by atoms with Crippen LogP contribution in [0.1, 0.15) is 38.5 Å². The van der Waals surface area contributed by atoms with Crippen molar-refractivity contribution in [2.45, 2.75) is 38.5 Å². The van der Waals surface area contributed by atoms with Gasteiger partial charge in [-0.3, -0.25) is 4.79 Å². The molecule has 0 radical (unpaired) electrons. The van der Waals surface area contributed by atoms with Gasteiger partial charge in [0.1, 0.15) is 0 Å². The summed E-state index contributed by atoms with van der Waals surface area (Å²) in [5, 5.41) is 21.2. The van der Waals surface area contributed by atoms with Crippen molar-refractivity contribution in [2.75, 3.05) is 26.2 Å². The lowest BCUT2D eigenvalue weighted by atomic mass is 9.86. The van der Waals surface area contributed by atoms with Crippen molar-refractivity contribution in [1.82, 2.24) is 10.2 Å². The van der Waals surface area contributed by atoms with Gasteiger partial charge in [0.25, 0.3) is 0 Å². The molecule has 6 nitrogen and oxygen atoms in total. The maximum atomic E-state index is 12.1. The highest BCUT2D eigenvalue weighted by atomic mass is 16.4. The second kappa shape index (κ2) is 6.43. The summed E-state index contributed by atoms with van der Waals surface area (Å²) in [5.41, 5.74) is -0.765. The highest BCUT2D eigenvalue weighted by molar-refractivity contribution is 5.78. The summed E-state index contributed by atoms with van der Waals surface area (Å²) in [4.78, 5) is 25.2. The second-order valence-corrected chi connectivity index (χ2v) is 6.06. The van der Waals surface area contributed by atoms with E-state index in [1.807, 2.05) is 0 Å². The Hall–Kier alpha value is -1.30. The van der Waals surface area contributed by atoms with Crippen molar-refractivity contribution in [2.24, 2.45) is 11.3 Å². The molecule has 0 bridgehead atoms. The zero-order valence-corrected chi connectivity index (χ0v) is 11.8. The largest absolute Gasteiger partial charge is 0.481 e. The third kappa shape index (κ3) is 3.23. The van der Waals surface area contributed by atoms with E-state index in [1.165, 1.54) is 0 Å². The Morgan fingerprint density at radius 1 is 1.20 bits per heavy atom. The summed E-state index contributed by atoms with van der Waals surface area (Å²) >= 11 is 0. The number of urea groups is 1.